The molecule has 68 heavy (non-hydrogen) atoms. The third-order valence-corrected chi connectivity index (χ3v) is 17.9. The predicted octanol–water partition coefficient (Wildman–Crippen LogP) is 17.7. The highest BCUT2D eigenvalue weighted by atomic mass is 15.2. The van der Waals surface area contributed by atoms with Crippen LogP contribution in [0.2, 0.25) is 0 Å². The highest BCUT2D eigenvalue weighted by Crippen LogP contribution is 2.64. The van der Waals surface area contributed by atoms with Gasteiger partial charge >= 0.3 is 0 Å². The van der Waals surface area contributed by atoms with Gasteiger partial charge in [0.25, 0.3) is 0 Å². The summed E-state index contributed by atoms with van der Waals surface area (Å²) in [5.74, 6) is 0.266. The third-order valence-electron chi connectivity index (χ3n) is 17.9. The van der Waals surface area contributed by atoms with Crippen LogP contribution < -0.4 is 4.90 Å². The molecule has 0 bridgehead atoms. The Morgan fingerprint density at radius 1 is 0.426 bits per heavy atom. The van der Waals surface area contributed by atoms with E-state index in [0.29, 0.717) is 0 Å². The van der Waals surface area contributed by atoms with Gasteiger partial charge in [-0.1, -0.05) is 202 Å². The first-order valence-electron chi connectivity index (χ1n) is 25.1. The molecule has 1 aliphatic heterocycles. The van der Waals surface area contributed by atoms with E-state index in [-0.39, 0.29) is 27.6 Å². The monoisotopic (exact) mass is 879 g/mol. The van der Waals surface area contributed by atoms with E-state index in [4.69, 9.17) is 0 Å². The van der Waals surface area contributed by atoms with Crippen molar-refractivity contribution < 1.29 is 0 Å². The van der Waals surface area contributed by atoms with Crippen LogP contribution in [-0.4, -0.2) is 0 Å². The Morgan fingerprint density at radius 2 is 0.926 bits per heavy atom. The summed E-state index contributed by atoms with van der Waals surface area (Å²) in [4.78, 5) is 2.73. The Hall–Kier alpha value is -6.70. The zero-order chi connectivity index (χ0) is 46.9. The number of nitrogens with zero attached hydrogens (tertiary/aromatic N) is 1. The fraction of sp³-hybridized carbons (Fsp3) is 0.254. The molecule has 1 atom stereocenters. The maximum Gasteiger partial charge on any atom is 0.0543 e. The maximum atomic E-state index is 2.73. The van der Waals surface area contributed by atoms with Gasteiger partial charge in [0.15, 0.2) is 0 Å². The molecular weight excluding hydrogens is 819 g/mol. The van der Waals surface area contributed by atoms with Crippen molar-refractivity contribution in [2.24, 2.45) is 0 Å². The Balaban J connectivity index is 1.15. The van der Waals surface area contributed by atoms with Crippen molar-refractivity contribution in [1.29, 1.82) is 0 Å². The number of rotatable bonds is 2. The first-order chi connectivity index (χ1) is 32.5. The quantitative estimate of drug-likeness (QED) is 0.167. The molecule has 1 nitrogen and oxygen atoms in total. The molecule has 0 amide bonds. The average molecular weight is 880 g/mol. The molecule has 4 aliphatic carbocycles. The minimum absolute atomic E-state index is 0.0161. The molecule has 1 unspecified atom stereocenters. The lowest BCUT2D eigenvalue weighted by molar-refractivity contribution is 0.527. The fourth-order valence-corrected chi connectivity index (χ4v) is 14.0. The lowest BCUT2D eigenvalue weighted by atomic mass is 9.65. The van der Waals surface area contributed by atoms with Gasteiger partial charge in [-0.2, -0.15) is 0 Å². The van der Waals surface area contributed by atoms with Crippen molar-refractivity contribution in [2.45, 2.75) is 109 Å². The minimum atomic E-state index is -0.472. The lowest BCUT2D eigenvalue weighted by Gasteiger charge is -2.46. The van der Waals surface area contributed by atoms with Crippen LogP contribution in [0.4, 0.5) is 17.1 Å². The minimum Gasteiger partial charge on any atom is -0.309 e. The van der Waals surface area contributed by atoms with Gasteiger partial charge in [0.1, 0.15) is 0 Å². The molecule has 0 saturated carbocycles. The van der Waals surface area contributed by atoms with Crippen molar-refractivity contribution >= 4 is 33.4 Å². The fourth-order valence-electron chi connectivity index (χ4n) is 14.0. The van der Waals surface area contributed by atoms with Crippen LogP contribution in [0.15, 0.2) is 175 Å². The van der Waals surface area contributed by atoms with Gasteiger partial charge in [-0.25, -0.2) is 0 Å². The summed E-state index contributed by atoms with van der Waals surface area (Å²) >= 11 is 0. The van der Waals surface area contributed by atoms with Crippen LogP contribution in [0.1, 0.15) is 143 Å². The predicted molar refractivity (Wildman–Crippen MR) is 287 cm³/mol. The summed E-state index contributed by atoms with van der Waals surface area (Å²) in [6, 6.07) is 61.2. The third kappa shape index (κ3) is 5.28. The van der Waals surface area contributed by atoms with Crippen LogP contribution in [0.25, 0.3) is 38.6 Å². The topological polar surface area (TPSA) is 3.24 Å². The highest BCUT2D eigenvalue weighted by molar-refractivity contribution is 6.11. The number of allylic oxidation sites excluding steroid dienone is 4. The number of anilines is 3. The lowest BCUT2D eigenvalue weighted by Crippen LogP contribution is -2.35. The standard InChI is InChI=1S/C67H61N/c1-40-34-53-47(32-33-63(2,3)50-29-19-16-24-42(40)50)62-46-28-15-14-27-45(46)59(39-58(62)66(53,8)9)68-60-37-54-48(43-25-17-20-30-51(43)64(54,4)5)35-56(60)67(10,41-22-12-11-13-23-41)57-36-49-44-26-18-21-31-52(44)65(6,7)55(49)38-61(57)68/h11-32,34-40H,33H2,1-10H3/b47-32+,53-34?. The summed E-state index contributed by atoms with van der Waals surface area (Å²) in [6.45, 7) is 24.5. The number of benzene rings is 8. The van der Waals surface area contributed by atoms with Crippen molar-refractivity contribution in [1.82, 2.24) is 0 Å². The summed E-state index contributed by atoms with van der Waals surface area (Å²) in [5, 5.41) is 2.61. The van der Waals surface area contributed by atoms with E-state index in [2.05, 4.69) is 244 Å². The second-order valence-electron chi connectivity index (χ2n) is 23.1. The van der Waals surface area contributed by atoms with Crippen LogP contribution in [-0.2, 0) is 27.1 Å². The second-order valence-corrected chi connectivity index (χ2v) is 23.1. The molecule has 0 N–H and O–H groups in total. The molecule has 13 rings (SSSR count). The van der Waals surface area contributed by atoms with E-state index in [0.717, 1.165) is 6.42 Å². The summed E-state index contributed by atoms with van der Waals surface area (Å²) in [7, 11) is 0. The maximum absolute atomic E-state index is 2.73. The summed E-state index contributed by atoms with van der Waals surface area (Å²) < 4.78 is 0. The van der Waals surface area contributed by atoms with Gasteiger partial charge in [0.2, 0.25) is 0 Å². The SMILES string of the molecule is CC1C=C2/C(=C\CC(C)(C)c3ccccc31)c1c(cc(N3c4cc5c(cc4C(C)(c4ccccc4)c4cc6c(cc43)C(C)(C)c3ccccc3-6)-c3ccccc3C5(C)C)c3ccccc13)C2(C)C. The normalized spacial score (nSPS) is 20.6. The molecule has 0 aromatic heterocycles. The molecule has 8 aromatic carbocycles. The van der Waals surface area contributed by atoms with Crippen LogP contribution in [0, 0.1) is 0 Å². The zero-order valence-corrected chi connectivity index (χ0v) is 41.4. The van der Waals surface area contributed by atoms with E-state index >= 15 is 0 Å². The molecular formula is C67H61N. The summed E-state index contributed by atoms with van der Waals surface area (Å²) in [6.07, 6.45) is 6.18. The first-order valence-corrected chi connectivity index (χ1v) is 25.1. The van der Waals surface area contributed by atoms with E-state index in [1.165, 1.54) is 122 Å². The zero-order valence-electron chi connectivity index (χ0n) is 41.4. The Kier molecular flexibility index (Phi) is 8.37. The Labute approximate surface area is 403 Å². The van der Waals surface area contributed by atoms with Gasteiger partial charge in [-0.15, -0.1) is 0 Å². The van der Waals surface area contributed by atoms with Crippen molar-refractivity contribution in [2.75, 3.05) is 4.90 Å². The van der Waals surface area contributed by atoms with E-state index in [1.807, 2.05) is 0 Å². The second kappa shape index (κ2) is 13.7. The molecule has 0 fully saturated rings. The van der Waals surface area contributed by atoms with E-state index < -0.39 is 5.41 Å². The Bertz CT molecular complexity index is 3450. The van der Waals surface area contributed by atoms with Crippen molar-refractivity contribution in [3.05, 3.63) is 237 Å². The molecule has 5 aliphatic rings. The van der Waals surface area contributed by atoms with Crippen LogP contribution in [0.5, 0.6) is 0 Å². The number of hydrogen-bond acceptors (Lipinski definition) is 1. The Morgan fingerprint density at radius 3 is 1.53 bits per heavy atom. The van der Waals surface area contributed by atoms with Gasteiger partial charge in [0, 0.05) is 27.0 Å². The van der Waals surface area contributed by atoms with Crippen LogP contribution in [0.3, 0.4) is 0 Å². The molecule has 1 heterocycles. The van der Waals surface area contributed by atoms with Crippen molar-refractivity contribution in [3.8, 4) is 22.3 Å². The summed E-state index contributed by atoms with van der Waals surface area (Å²) in [5.41, 5.74) is 26.2. The van der Waals surface area contributed by atoms with Gasteiger partial charge in [-0.05, 0) is 155 Å². The molecule has 0 saturated heterocycles. The van der Waals surface area contributed by atoms with Gasteiger partial charge < -0.3 is 4.90 Å². The first kappa shape index (κ1) is 41.5. The molecule has 0 radical (unpaired) electrons. The molecule has 1 heteroatoms. The average Bonchev–Trinajstić information content (AvgIpc) is 3.82. The molecule has 334 valence electrons. The van der Waals surface area contributed by atoms with Gasteiger partial charge in [0.05, 0.1) is 17.1 Å². The highest BCUT2D eigenvalue weighted by Gasteiger charge is 2.49. The molecule has 0 spiro atoms. The van der Waals surface area contributed by atoms with E-state index in [1.54, 1.807) is 0 Å². The van der Waals surface area contributed by atoms with Crippen molar-refractivity contribution in [3.63, 3.8) is 0 Å². The number of fused-ring (bicyclic) bond motifs is 14. The largest absolute Gasteiger partial charge is 0.309 e. The van der Waals surface area contributed by atoms with E-state index in [9.17, 15) is 0 Å². The van der Waals surface area contributed by atoms with Crippen LogP contribution >= 0.6 is 0 Å². The molecule has 8 aromatic rings. The smallest absolute Gasteiger partial charge is 0.0543 e. The number of hydrogen-bond donors (Lipinski definition) is 0. The van der Waals surface area contributed by atoms with Gasteiger partial charge in [-0.3, -0.25) is 0 Å².